The molecule has 0 aromatic carbocycles. The van der Waals surface area contributed by atoms with E-state index in [0.717, 1.165) is 0 Å². The number of hydrogen-bond donors (Lipinski definition) is 2. The van der Waals surface area contributed by atoms with Crippen LogP contribution >= 0.6 is 0 Å². The fourth-order valence-electron chi connectivity index (χ4n) is 1.67. The Morgan fingerprint density at radius 1 is 1.19 bits per heavy atom. The summed E-state index contributed by atoms with van der Waals surface area (Å²) >= 11 is 0. The van der Waals surface area contributed by atoms with Gasteiger partial charge in [0.05, 0.1) is 6.54 Å². The van der Waals surface area contributed by atoms with Gasteiger partial charge < -0.3 is 10.6 Å². The summed E-state index contributed by atoms with van der Waals surface area (Å²) in [5.74, 6) is 1.96. The summed E-state index contributed by atoms with van der Waals surface area (Å²) in [5, 5.41) is 14.2. The van der Waals surface area contributed by atoms with Gasteiger partial charge in [-0.1, -0.05) is 0 Å². The molecule has 10 nitrogen and oxygen atoms in total. The molecule has 0 bridgehead atoms. The Bertz CT molecular complexity index is 716. The Morgan fingerprint density at radius 3 is 2.71 bits per heavy atom. The van der Waals surface area contributed by atoms with Crippen LogP contribution in [0.3, 0.4) is 0 Å². The van der Waals surface area contributed by atoms with E-state index in [9.17, 15) is 0 Å². The van der Waals surface area contributed by atoms with Gasteiger partial charge in [0.15, 0.2) is 5.82 Å². The average Bonchev–Trinajstić information content (AvgIpc) is 3.16. The first-order chi connectivity index (χ1) is 10.2. The van der Waals surface area contributed by atoms with Crippen LogP contribution in [0.1, 0.15) is 5.82 Å². The lowest BCUT2D eigenvalue weighted by molar-refractivity contribution is 0.745. The summed E-state index contributed by atoms with van der Waals surface area (Å²) in [7, 11) is 3.56. The lowest BCUT2D eigenvalue weighted by atomic mass is 10.6. The summed E-state index contributed by atoms with van der Waals surface area (Å²) in [5.41, 5.74) is 0. The van der Waals surface area contributed by atoms with E-state index >= 15 is 0 Å². The number of nitrogens with one attached hydrogen (secondary N) is 2. The Morgan fingerprint density at radius 2 is 2.05 bits per heavy atom. The third-order valence-electron chi connectivity index (χ3n) is 2.61. The first-order valence-electron chi connectivity index (χ1n) is 6.27. The monoisotopic (exact) mass is 286 g/mol. The van der Waals surface area contributed by atoms with Crippen molar-refractivity contribution in [2.75, 3.05) is 17.7 Å². The molecule has 3 aromatic heterocycles. The van der Waals surface area contributed by atoms with Crippen LogP contribution in [0.5, 0.6) is 0 Å². The summed E-state index contributed by atoms with van der Waals surface area (Å²) in [6.45, 7) is 0.423. The van der Waals surface area contributed by atoms with Gasteiger partial charge in [0, 0.05) is 26.5 Å². The maximum atomic E-state index is 4.31. The molecule has 3 rings (SSSR count). The number of anilines is 2. The van der Waals surface area contributed by atoms with Crippen molar-refractivity contribution in [3.8, 4) is 5.95 Å². The van der Waals surface area contributed by atoms with Gasteiger partial charge in [-0.05, 0) is 6.07 Å². The first-order valence-corrected chi connectivity index (χ1v) is 6.27. The van der Waals surface area contributed by atoms with Crippen LogP contribution in [0.15, 0.2) is 24.8 Å². The zero-order chi connectivity index (χ0) is 14.7. The molecular weight excluding hydrogens is 272 g/mol. The van der Waals surface area contributed by atoms with Crippen LogP contribution in [-0.2, 0) is 13.6 Å². The molecule has 0 saturated carbocycles. The fourth-order valence-corrected chi connectivity index (χ4v) is 1.67. The van der Waals surface area contributed by atoms with E-state index in [1.165, 1.54) is 0 Å². The molecule has 0 radical (unpaired) electrons. The van der Waals surface area contributed by atoms with Gasteiger partial charge in [-0.3, -0.25) is 4.68 Å². The number of nitrogens with zero attached hydrogens (tertiary/aromatic N) is 8. The van der Waals surface area contributed by atoms with Gasteiger partial charge >= 0.3 is 0 Å². The van der Waals surface area contributed by atoms with Crippen molar-refractivity contribution < 1.29 is 0 Å². The summed E-state index contributed by atoms with van der Waals surface area (Å²) in [6.07, 6.45) is 5.06. The molecule has 10 heteroatoms. The minimum atomic E-state index is 0.423. The normalized spacial score (nSPS) is 10.6. The van der Waals surface area contributed by atoms with E-state index in [1.807, 2.05) is 7.05 Å². The quantitative estimate of drug-likeness (QED) is 0.665. The predicted octanol–water partition coefficient (Wildman–Crippen LogP) is -0.160. The molecule has 3 aromatic rings. The molecule has 0 unspecified atom stereocenters. The number of rotatable bonds is 5. The Balaban J connectivity index is 1.82. The Labute approximate surface area is 120 Å². The fraction of sp³-hybridized carbons (Fsp3) is 0.273. The minimum absolute atomic E-state index is 0.423. The molecule has 0 atom stereocenters. The molecule has 3 heterocycles. The van der Waals surface area contributed by atoms with Gasteiger partial charge in [-0.25, -0.2) is 9.67 Å². The van der Waals surface area contributed by atoms with E-state index < -0.39 is 0 Å². The third-order valence-corrected chi connectivity index (χ3v) is 2.61. The van der Waals surface area contributed by atoms with Crippen molar-refractivity contribution in [2.24, 2.45) is 7.05 Å². The molecule has 0 amide bonds. The molecular formula is C11H14N10. The van der Waals surface area contributed by atoms with E-state index in [-0.39, 0.29) is 0 Å². The highest BCUT2D eigenvalue weighted by atomic mass is 15.4. The van der Waals surface area contributed by atoms with Gasteiger partial charge in [0.2, 0.25) is 11.9 Å². The van der Waals surface area contributed by atoms with Crippen molar-refractivity contribution in [1.82, 2.24) is 39.5 Å². The Kier molecular flexibility index (Phi) is 3.41. The molecule has 0 aliphatic carbocycles. The maximum Gasteiger partial charge on any atom is 0.257 e. The summed E-state index contributed by atoms with van der Waals surface area (Å²) in [6, 6.07) is 1.80. The summed E-state index contributed by atoms with van der Waals surface area (Å²) in [4.78, 5) is 16.9. The molecule has 108 valence electrons. The molecule has 0 fully saturated rings. The predicted molar refractivity (Wildman–Crippen MR) is 74.8 cm³/mol. The molecule has 21 heavy (non-hydrogen) atoms. The van der Waals surface area contributed by atoms with Gasteiger partial charge in [-0.2, -0.15) is 25.1 Å². The second kappa shape index (κ2) is 5.53. The Hall–Kier alpha value is -3.04. The third kappa shape index (κ3) is 2.94. The standard InChI is InChI=1S/C11H14N10/c1-12-9-16-10(13-6-8-14-7-20(2)19-8)18-11(17-9)21-5-3-4-15-21/h3-5,7H,6H2,1-2H3,(H2,12,13,16,17,18). The molecule has 0 aliphatic rings. The van der Waals surface area contributed by atoms with Crippen molar-refractivity contribution in [3.05, 3.63) is 30.6 Å². The molecule has 0 spiro atoms. The maximum absolute atomic E-state index is 4.31. The SMILES string of the molecule is CNc1nc(NCc2ncn(C)n2)nc(-n2cccn2)n1. The zero-order valence-corrected chi connectivity index (χ0v) is 11.6. The van der Waals surface area contributed by atoms with Crippen LogP contribution in [0.4, 0.5) is 11.9 Å². The average molecular weight is 286 g/mol. The van der Waals surface area contributed by atoms with Crippen LogP contribution in [0.25, 0.3) is 5.95 Å². The molecule has 2 N–H and O–H groups in total. The van der Waals surface area contributed by atoms with Crippen LogP contribution < -0.4 is 10.6 Å². The van der Waals surface area contributed by atoms with Crippen molar-refractivity contribution >= 4 is 11.9 Å². The smallest absolute Gasteiger partial charge is 0.257 e. The summed E-state index contributed by atoms with van der Waals surface area (Å²) < 4.78 is 3.20. The number of aromatic nitrogens is 8. The van der Waals surface area contributed by atoms with Gasteiger partial charge in [-0.15, -0.1) is 0 Å². The topological polar surface area (TPSA) is 111 Å². The second-order valence-electron chi connectivity index (χ2n) is 4.17. The van der Waals surface area contributed by atoms with Crippen LogP contribution in [0, 0.1) is 0 Å². The molecule has 0 aliphatic heterocycles. The highest BCUT2D eigenvalue weighted by Crippen LogP contribution is 2.08. The highest BCUT2D eigenvalue weighted by molar-refractivity contribution is 5.37. The lowest BCUT2D eigenvalue weighted by Crippen LogP contribution is -2.12. The van der Waals surface area contributed by atoms with Crippen molar-refractivity contribution in [3.63, 3.8) is 0 Å². The van der Waals surface area contributed by atoms with Gasteiger partial charge in [0.1, 0.15) is 6.33 Å². The van der Waals surface area contributed by atoms with Crippen LogP contribution in [0.2, 0.25) is 0 Å². The van der Waals surface area contributed by atoms with E-state index in [4.69, 9.17) is 0 Å². The number of hydrogen-bond acceptors (Lipinski definition) is 8. The van der Waals surface area contributed by atoms with Crippen molar-refractivity contribution in [2.45, 2.75) is 6.54 Å². The van der Waals surface area contributed by atoms with E-state index in [1.54, 1.807) is 41.2 Å². The lowest BCUT2D eigenvalue weighted by Gasteiger charge is -2.07. The highest BCUT2D eigenvalue weighted by Gasteiger charge is 2.08. The van der Waals surface area contributed by atoms with E-state index in [2.05, 4.69) is 40.8 Å². The number of aryl methyl sites for hydroxylation is 1. The first kappa shape index (κ1) is 13.0. The van der Waals surface area contributed by atoms with Gasteiger partial charge in [0.25, 0.3) is 5.95 Å². The largest absolute Gasteiger partial charge is 0.357 e. The van der Waals surface area contributed by atoms with Crippen LogP contribution in [-0.4, -0.2) is 46.5 Å². The van der Waals surface area contributed by atoms with Crippen molar-refractivity contribution in [1.29, 1.82) is 0 Å². The molecule has 0 saturated heterocycles. The second-order valence-corrected chi connectivity index (χ2v) is 4.17. The van der Waals surface area contributed by atoms with E-state index in [0.29, 0.717) is 30.2 Å². The minimum Gasteiger partial charge on any atom is -0.357 e. The zero-order valence-electron chi connectivity index (χ0n) is 11.6.